The number of nitrogens with one attached hydrogen (secondary N) is 1. The van der Waals surface area contributed by atoms with E-state index in [2.05, 4.69) is 17.1 Å². The number of urea groups is 1. The smallest absolute Gasteiger partial charge is 0.338 e. The average molecular weight is 416 g/mol. The first-order valence-electron chi connectivity index (χ1n) is 10.9. The maximum Gasteiger partial charge on any atom is 0.338 e. The highest BCUT2D eigenvalue weighted by Gasteiger charge is 2.38. The van der Waals surface area contributed by atoms with Gasteiger partial charge >= 0.3 is 12.0 Å². The number of piperidine rings is 1. The Morgan fingerprint density at radius 3 is 2.73 bits per heavy atom. The lowest BCUT2D eigenvalue weighted by Crippen LogP contribution is -2.52. The molecule has 0 aliphatic carbocycles. The third-order valence-electron chi connectivity index (χ3n) is 5.97. The fourth-order valence-electron chi connectivity index (χ4n) is 4.31. The van der Waals surface area contributed by atoms with Crippen molar-refractivity contribution in [2.75, 3.05) is 33.4 Å². The molecule has 1 aromatic rings. The first-order valence-corrected chi connectivity index (χ1v) is 10.9. The maximum atomic E-state index is 13.1. The highest BCUT2D eigenvalue weighted by molar-refractivity contribution is 5.95. The third-order valence-corrected chi connectivity index (χ3v) is 5.97. The van der Waals surface area contributed by atoms with Crippen LogP contribution in [0.4, 0.5) is 4.79 Å². The fraction of sp³-hybridized carbons (Fsp3) is 0.565. The number of hydrogen-bond donors (Lipinski definition) is 1. The first-order chi connectivity index (χ1) is 14.5. The van der Waals surface area contributed by atoms with Gasteiger partial charge in [0.15, 0.2) is 0 Å². The van der Waals surface area contributed by atoms with Gasteiger partial charge in [0.1, 0.15) is 5.75 Å². The van der Waals surface area contributed by atoms with Gasteiger partial charge in [-0.2, -0.15) is 0 Å². The van der Waals surface area contributed by atoms with Gasteiger partial charge in [-0.25, -0.2) is 9.59 Å². The zero-order valence-corrected chi connectivity index (χ0v) is 18.4. The van der Waals surface area contributed by atoms with Gasteiger partial charge in [0.2, 0.25) is 0 Å². The normalized spacial score (nSPS) is 22.7. The Labute approximate surface area is 179 Å². The number of ether oxygens (including phenoxy) is 2. The summed E-state index contributed by atoms with van der Waals surface area (Å²) >= 11 is 0. The Morgan fingerprint density at radius 2 is 2.07 bits per heavy atom. The largest absolute Gasteiger partial charge is 0.497 e. The van der Waals surface area contributed by atoms with E-state index in [0.29, 0.717) is 30.5 Å². The van der Waals surface area contributed by atoms with Gasteiger partial charge in [-0.1, -0.05) is 18.6 Å². The summed E-state index contributed by atoms with van der Waals surface area (Å²) < 4.78 is 10.8. The zero-order valence-electron chi connectivity index (χ0n) is 18.4. The van der Waals surface area contributed by atoms with E-state index in [-0.39, 0.29) is 18.6 Å². The van der Waals surface area contributed by atoms with E-state index in [1.807, 2.05) is 31.2 Å². The van der Waals surface area contributed by atoms with Crippen LogP contribution in [0.15, 0.2) is 35.5 Å². The van der Waals surface area contributed by atoms with Crippen LogP contribution in [-0.4, -0.2) is 61.2 Å². The lowest BCUT2D eigenvalue weighted by molar-refractivity contribution is -0.139. The standard InChI is InChI=1S/C23H33N3O4/c1-5-26-19(15-25-13-8-7-10-16(25)3)20(22(27)30-6-2)21(24-23(26)28)17-11-9-12-18(14-17)29-4/h9,11-12,14,16,21H,5-8,10,13,15H2,1-4H3,(H,24,28)/t16-,21+/m1/s1. The molecule has 0 aromatic heterocycles. The second kappa shape index (κ2) is 9.98. The lowest BCUT2D eigenvalue weighted by atomic mass is 9.93. The number of nitrogens with zero attached hydrogens (tertiary/aromatic N) is 2. The summed E-state index contributed by atoms with van der Waals surface area (Å²) in [5, 5.41) is 3.01. The number of hydrogen-bond acceptors (Lipinski definition) is 5. The van der Waals surface area contributed by atoms with Gasteiger partial charge in [0, 0.05) is 24.8 Å². The Bertz CT molecular complexity index is 807. The molecule has 2 atom stereocenters. The van der Waals surface area contributed by atoms with Gasteiger partial charge in [0.25, 0.3) is 0 Å². The van der Waals surface area contributed by atoms with E-state index < -0.39 is 6.04 Å². The van der Waals surface area contributed by atoms with Crippen LogP contribution in [0, 0.1) is 0 Å². The number of carbonyl (C=O) groups excluding carboxylic acids is 2. The first kappa shape index (κ1) is 22.2. The molecule has 1 saturated heterocycles. The Kier molecular flexibility index (Phi) is 7.37. The molecule has 1 N–H and O–H groups in total. The molecule has 2 heterocycles. The highest BCUT2D eigenvalue weighted by Crippen LogP contribution is 2.34. The summed E-state index contributed by atoms with van der Waals surface area (Å²) in [5.74, 6) is 0.289. The molecule has 30 heavy (non-hydrogen) atoms. The molecule has 7 nitrogen and oxygen atoms in total. The highest BCUT2D eigenvalue weighted by atomic mass is 16.5. The predicted molar refractivity (Wildman–Crippen MR) is 115 cm³/mol. The third kappa shape index (κ3) is 4.61. The van der Waals surface area contributed by atoms with Crippen molar-refractivity contribution >= 4 is 12.0 Å². The number of amides is 2. The number of rotatable bonds is 7. The molecule has 1 aromatic carbocycles. The molecule has 0 bridgehead atoms. The van der Waals surface area contributed by atoms with Crippen LogP contribution in [0.2, 0.25) is 0 Å². The summed E-state index contributed by atoms with van der Waals surface area (Å²) in [6, 6.07) is 7.09. The molecule has 0 unspecified atom stereocenters. The van der Waals surface area contributed by atoms with Crippen molar-refractivity contribution in [2.24, 2.45) is 0 Å². The van der Waals surface area contributed by atoms with Crippen molar-refractivity contribution in [3.63, 3.8) is 0 Å². The van der Waals surface area contributed by atoms with Gasteiger partial charge in [-0.3, -0.25) is 9.80 Å². The SMILES string of the molecule is CCOC(=O)C1=C(CN2CCCC[C@H]2C)N(CC)C(=O)N[C@H]1c1cccc(OC)c1. The van der Waals surface area contributed by atoms with Crippen LogP contribution >= 0.6 is 0 Å². The molecular weight excluding hydrogens is 382 g/mol. The minimum atomic E-state index is -0.579. The van der Waals surface area contributed by atoms with Crippen LogP contribution in [0.5, 0.6) is 5.75 Å². The van der Waals surface area contributed by atoms with Gasteiger partial charge < -0.3 is 14.8 Å². The molecule has 2 aliphatic rings. The van der Waals surface area contributed by atoms with E-state index >= 15 is 0 Å². The van der Waals surface area contributed by atoms with Crippen LogP contribution in [0.1, 0.15) is 51.6 Å². The summed E-state index contributed by atoms with van der Waals surface area (Å²) in [7, 11) is 1.60. The molecule has 2 amide bonds. The topological polar surface area (TPSA) is 71.1 Å². The van der Waals surface area contributed by atoms with E-state index in [4.69, 9.17) is 9.47 Å². The Morgan fingerprint density at radius 1 is 1.27 bits per heavy atom. The Balaban J connectivity index is 2.10. The molecule has 2 aliphatic heterocycles. The molecule has 0 saturated carbocycles. The van der Waals surface area contributed by atoms with E-state index in [9.17, 15) is 9.59 Å². The van der Waals surface area contributed by atoms with E-state index in [1.54, 1.807) is 18.9 Å². The zero-order chi connectivity index (χ0) is 21.7. The van der Waals surface area contributed by atoms with E-state index in [1.165, 1.54) is 6.42 Å². The molecular formula is C23H33N3O4. The van der Waals surface area contributed by atoms with Crippen molar-refractivity contribution in [3.8, 4) is 5.75 Å². The minimum absolute atomic E-state index is 0.196. The molecule has 164 valence electrons. The number of carbonyl (C=O) groups is 2. The number of esters is 1. The summed E-state index contributed by atoms with van der Waals surface area (Å²) in [6.07, 6.45) is 3.47. The molecule has 1 fully saturated rings. The van der Waals surface area contributed by atoms with Crippen LogP contribution < -0.4 is 10.1 Å². The van der Waals surface area contributed by atoms with Crippen molar-refractivity contribution in [1.29, 1.82) is 0 Å². The van der Waals surface area contributed by atoms with Crippen molar-refractivity contribution < 1.29 is 19.1 Å². The fourth-order valence-corrected chi connectivity index (χ4v) is 4.31. The molecule has 0 spiro atoms. The van der Waals surface area contributed by atoms with Crippen LogP contribution in [0.3, 0.4) is 0 Å². The monoisotopic (exact) mass is 415 g/mol. The van der Waals surface area contributed by atoms with Crippen molar-refractivity contribution in [3.05, 3.63) is 41.1 Å². The van der Waals surface area contributed by atoms with Gasteiger partial charge in [0.05, 0.1) is 25.3 Å². The Hall–Kier alpha value is -2.54. The van der Waals surface area contributed by atoms with Gasteiger partial charge in [-0.05, 0) is 57.9 Å². The summed E-state index contributed by atoms with van der Waals surface area (Å²) in [5.41, 5.74) is 2.04. The predicted octanol–water partition coefficient (Wildman–Crippen LogP) is 3.47. The molecule has 3 rings (SSSR count). The van der Waals surface area contributed by atoms with Crippen LogP contribution in [0.25, 0.3) is 0 Å². The molecule has 0 radical (unpaired) electrons. The van der Waals surface area contributed by atoms with Crippen molar-refractivity contribution in [1.82, 2.24) is 15.1 Å². The number of likely N-dealkylation sites (N-methyl/N-ethyl adjacent to an activating group) is 1. The number of methoxy groups -OCH3 is 1. The van der Waals surface area contributed by atoms with Crippen LogP contribution in [-0.2, 0) is 9.53 Å². The minimum Gasteiger partial charge on any atom is -0.497 e. The lowest BCUT2D eigenvalue weighted by Gasteiger charge is -2.40. The number of benzene rings is 1. The quantitative estimate of drug-likeness (QED) is 0.691. The average Bonchev–Trinajstić information content (AvgIpc) is 2.75. The van der Waals surface area contributed by atoms with Crippen molar-refractivity contribution in [2.45, 2.75) is 52.1 Å². The maximum absolute atomic E-state index is 13.1. The second-order valence-corrected chi connectivity index (χ2v) is 7.80. The van der Waals surface area contributed by atoms with E-state index in [0.717, 1.165) is 30.6 Å². The molecule has 7 heteroatoms. The number of likely N-dealkylation sites (tertiary alicyclic amines) is 1. The second-order valence-electron chi connectivity index (χ2n) is 7.80. The summed E-state index contributed by atoms with van der Waals surface area (Å²) in [4.78, 5) is 30.2. The summed E-state index contributed by atoms with van der Waals surface area (Å²) in [6.45, 7) is 8.21. The van der Waals surface area contributed by atoms with Gasteiger partial charge in [-0.15, -0.1) is 0 Å².